The Balaban J connectivity index is 2.52. The van der Waals surface area contributed by atoms with Crippen molar-refractivity contribution >= 4 is 11.3 Å². The molecule has 0 aliphatic heterocycles. The van der Waals surface area contributed by atoms with Gasteiger partial charge < -0.3 is 10.8 Å². The van der Waals surface area contributed by atoms with Crippen molar-refractivity contribution in [3.63, 3.8) is 0 Å². The Hall–Kier alpha value is -0.380. The molecule has 12 heavy (non-hydrogen) atoms. The number of hydrogen-bond acceptors (Lipinski definition) is 3. The van der Waals surface area contributed by atoms with E-state index in [1.807, 2.05) is 0 Å². The summed E-state index contributed by atoms with van der Waals surface area (Å²) in [5.41, 5.74) is 5.61. The van der Waals surface area contributed by atoms with Crippen molar-refractivity contribution in [2.45, 2.75) is 25.8 Å². The van der Waals surface area contributed by atoms with E-state index in [4.69, 9.17) is 10.8 Å². The molecule has 0 fully saturated rings. The highest BCUT2D eigenvalue weighted by Crippen LogP contribution is 2.17. The Bertz CT molecular complexity index is 234. The average Bonchev–Trinajstić information content (AvgIpc) is 2.52. The van der Waals surface area contributed by atoms with E-state index in [9.17, 15) is 0 Å². The Labute approximate surface area is 77.0 Å². The van der Waals surface area contributed by atoms with Crippen LogP contribution in [0.3, 0.4) is 0 Å². The summed E-state index contributed by atoms with van der Waals surface area (Å²) in [6.45, 7) is 2.21. The van der Waals surface area contributed by atoms with E-state index in [0.717, 1.165) is 12.8 Å². The minimum absolute atomic E-state index is 0.0688. The Morgan fingerprint density at radius 1 is 1.50 bits per heavy atom. The first-order valence-electron chi connectivity index (χ1n) is 4.20. The standard InChI is InChI=1S/C9H15NOS/c1-2-8-3-4-9(12-8)5-7(10)6-11/h3-4,7,11H,2,5-6,10H2,1H3. The van der Waals surface area contributed by atoms with Crippen molar-refractivity contribution in [2.24, 2.45) is 5.73 Å². The second kappa shape index (κ2) is 4.60. The number of aryl methyl sites for hydroxylation is 1. The first kappa shape index (κ1) is 9.71. The molecule has 0 aliphatic carbocycles. The summed E-state index contributed by atoms with van der Waals surface area (Å²) < 4.78 is 0. The molecule has 0 saturated heterocycles. The maximum atomic E-state index is 8.74. The lowest BCUT2D eigenvalue weighted by molar-refractivity contribution is 0.266. The van der Waals surface area contributed by atoms with E-state index < -0.39 is 0 Å². The predicted octanol–water partition coefficient (Wildman–Crippen LogP) is 1.17. The minimum atomic E-state index is -0.103. The minimum Gasteiger partial charge on any atom is -0.395 e. The predicted molar refractivity (Wildman–Crippen MR) is 52.5 cm³/mol. The molecule has 1 aromatic heterocycles. The van der Waals surface area contributed by atoms with Gasteiger partial charge in [0.05, 0.1) is 6.61 Å². The third kappa shape index (κ3) is 2.59. The molecule has 3 N–H and O–H groups in total. The molecule has 1 rings (SSSR count). The van der Waals surface area contributed by atoms with Crippen LogP contribution in [-0.4, -0.2) is 17.8 Å². The van der Waals surface area contributed by atoms with Crippen LogP contribution in [0.25, 0.3) is 0 Å². The van der Waals surface area contributed by atoms with E-state index in [1.165, 1.54) is 9.75 Å². The second-order valence-corrected chi connectivity index (χ2v) is 4.12. The van der Waals surface area contributed by atoms with Gasteiger partial charge in [0.15, 0.2) is 0 Å². The number of thiophene rings is 1. The fourth-order valence-electron chi connectivity index (χ4n) is 1.05. The molecule has 0 aliphatic rings. The molecular weight excluding hydrogens is 170 g/mol. The zero-order valence-corrected chi connectivity index (χ0v) is 8.10. The molecule has 0 spiro atoms. The average molecular weight is 185 g/mol. The molecule has 0 radical (unpaired) electrons. The largest absolute Gasteiger partial charge is 0.395 e. The van der Waals surface area contributed by atoms with Crippen LogP contribution in [0.1, 0.15) is 16.7 Å². The zero-order chi connectivity index (χ0) is 8.97. The lowest BCUT2D eigenvalue weighted by atomic mass is 10.2. The van der Waals surface area contributed by atoms with Gasteiger partial charge in [-0.1, -0.05) is 6.92 Å². The molecule has 0 bridgehead atoms. The molecule has 1 atom stereocenters. The Morgan fingerprint density at radius 3 is 2.67 bits per heavy atom. The second-order valence-electron chi connectivity index (χ2n) is 2.87. The van der Waals surface area contributed by atoms with Gasteiger partial charge in [0.1, 0.15) is 0 Å². The smallest absolute Gasteiger partial charge is 0.0586 e. The maximum absolute atomic E-state index is 8.74. The SMILES string of the molecule is CCc1ccc(CC(N)CO)s1. The monoisotopic (exact) mass is 185 g/mol. The molecule has 0 saturated carbocycles. The summed E-state index contributed by atoms with van der Waals surface area (Å²) in [5, 5.41) is 8.74. The number of rotatable bonds is 4. The van der Waals surface area contributed by atoms with Gasteiger partial charge >= 0.3 is 0 Å². The molecular formula is C9H15NOS. The van der Waals surface area contributed by atoms with E-state index >= 15 is 0 Å². The molecule has 1 heterocycles. The molecule has 1 aromatic rings. The summed E-state index contributed by atoms with van der Waals surface area (Å²) in [6.07, 6.45) is 1.88. The van der Waals surface area contributed by atoms with E-state index in [0.29, 0.717) is 0 Å². The molecule has 0 aromatic carbocycles. The van der Waals surface area contributed by atoms with Crippen molar-refractivity contribution in [3.05, 3.63) is 21.9 Å². The molecule has 68 valence electrons. The van der Waals surface area contributed by atoms with Gasteiger partial charge in [-0.15, -0.1) is 11.3 Å². The number of aliphatic hydroxyl groups excluding tert-OH is 1. The highest BCUT2D eigenvalue weighted by atomic mass is 32.1. The van der Waals surface area contributed by atoms with Gasteiger partial charge in [-0.2, -0.15) is 0 Å². The van der Waals surface area contributed by atoms with Crippen LogP contribution >= 0.6 is 11.3 Å². The van der Waals surface area contributed by atoms with Crippen LogP contribution in [0.5, 0.6) is 0 Å². The van der Waals surface area contributed by atoms with Crippen molar-refractivity contribution in [2.75, 3.05) is 6.61 Å². The van der Waals surface area contributed by atoms with Gasteiger partial charge in [-0.3, -0.25) is 0 Å². The Morgan fingerprint density at radius 2 is 2.17 bits per heavy atom. The van der Waals surface area contributed by atoms with Crippen molar-refractivity contribution in [1.82, 2.24) is 0 Å². The lowest BCUT2D eigenvalue weighted by Gasteiger charge is -2.04. The van der Waals surface area contributed by atoms with Gasteiger partial charge in [-0.25, -0.2) is 0 Å². The van der Waals surface area contributed by atoms with Crippen LogP contribution in [0.2, 0.25) is 0 Å². The van der Waals surface area contributed by atoms with Gasteiger partial charge in [0, 0.05) is 15.8 Å². The van der Waals surface area contributed by atoms with Crippen molar-refractivity contribution in [1.29, 1.82) is 0 Å². The highest BCUT2D eigenvalue weighted by molar-refractivity contribution is 7.11. The topological polar surface area (TPSA) is 46.2 Å². The molecule has 2 nitrogen and oxygen atoms in total. The fraction of sp³-hybridized carbons (Fsp3) is 0.556. The third-order valence-corrected chi connectivity index (χ3v) is 3.02. The first-order chi connectivity index (χ1) is 5.76. The van der Waals surface area contributed by atoms with Crippen LogP contribution in [-0.2, 0) is 12.8 Å². The number of aliphatic hydroxyl groups is 1. The number of nitrogens with two attached hydrogens (primary N) is 1. The fourth-order valence-corrected chi connectivity index (χ4v) is 2.10. The normalized spacial score (nSPS) is 13.2. The van der Waals surface area contributed by atoms with Crippen LogP contribution < -0.4 is 5.73 Å². The zero-order valence-electron chi connectivity index (χ0n) is 7.29. The Kier molecular flexibility index (Phi) is 3.72. The summed E-state index contributed by atoms with van der Waals surface area (Å²) in [7, 11) is 0. The molecule has 1 unspecified atom stereocenters. The van der Waals surface area contributed by atoms with E-state index in [-0.39, 0.29) is 12.6 Å². The first-order valence-corrected chi connectivity index (χ1v) is 5.02. The lowest BCUT2D eigenvalue weighted by Crippen LogP contribution is -2.26. The summed E-state index contributed by atoms with van der Waals surface area (Å²) in [5.74, 6) is 0. The van der Waals surface area contributed by atoms with Gasteiger partial charge in [0.25, 0.3) is 0 Å². The molecule has 3 heteroatoms. The quantitative estimate of drug-likeness (QED) is 0.739. The number of hydrogen-bond donors (Lipinski definition) is 2. The summed E-state index contributed by atoms with van der Waals surface area (Å²) in [6, 6.07) is 4.12. The van der Waals surface area contributed by atoms with Crippen LogP contribution in [0.4, 0.5) is 0 Å². The maximum Gasteiger partial charge on any atom is 0.0586 e. The van der Waals surface area contributed by atoms with Crippen LogP contribution in [0.15, 0.2) is 12.1 Å². The summed E-state index contributed by atoms with van der Waals surface area (Å²) in [4.78, 5) is 2.66. The van der Waals surface area contributed by atoms with Crippen molar-refractivity contribution < 1.29 is 5.11 Å². The molecule has 0 amide bonds. The van der Waals surface area contributed by atoms with Gasteiger partial charge in [-0.05, 0) is 25.0 Å². The van der Waals surface area contributed by atoms with Crippen molar-refractivity contribution in [3.8, 4) is 0 Å². The van der Waals surface area contributed by atoms with E-state index in [1.54, 1.807) is 11.3 Å². The summed E-state index contributed by atoms with van der Waals surface area (Å²) >= 11 is 1.79. The van der Waals surface area contributed by atoms with Gasteiger partial charge in [0.2, 0.25) is 0 Å². The highest BCUT2D eigenvalue weighted by Gasteiger charge is 2.04. The van der Waals surface area contributed by atoms with Crippen LogP contribution in [0, 0.1) is 0 Å². The van der Waals surface area contributed by atoms with E-state index in [2.05, 4.69) is 19.1 Å². The third-order valence-electron chi connectivity index (χ3n) is 1.76.